The van der Waals surface area contributed by atoms with Crippen molar-refractivity contribution in [1.82, 2.24) is 9.72 Å². The van der Waals surface area contributed by atoms with Gasteiger partial charge in [-0.05, 0) is 24.0 Å². The number of carbonyl (C=O) groups is 1. The number of rotatable bonds is 5. The van der Waals surface area contributed by atoms with Crippen molar-refractivity contribution >= 4 is 17.1 Å². The molecular weight excluding hydrogens is 286 g/mol. The van der Waals surface area contributed by atoms with E-state index < -0.39 is 28.9 Å². The van der Waals surface area contributed by atoms with E-state index in [9.17, 15) is 14.1 Å². The minimum atomic E-state index is -1.41. The highest BCUT2D eigenvalue weighted by Crippen LogP contribution is 2.23. The molecule has 0 aromatic carbocycles. The Morgan fingerprint density at radius 2 is 2.40 bits per heavy atom. The molecule has 1 aliphatic rings. The molecule has 8 nitrogen and oxygen atoms in total. The Bertz CT molecular complexity index is 528. The maximum absolute atomic E-state index is 12.0. The van der Waals surface area contributed by atoms with Crippen LogP contribution in [-0.2, 0) is 22.4 Å². The summed E-state index contributed by atoms with van der Waals surface area (Å²) in [5.74, 6) is -1.10. The van der Waals surface area contributed by atoms with Crippen LogP contribution in [0, 0.1) is 0 Å². The number of aromatic nitrogens is 2. The van der Waals surface area contributed by atoms with Gasteiger partial charge in [-0.15, -0.1) is 0 Å². The molecule has 2 heterocycles. The molecule has 0 radical (unpaired) electrons. The maximum Gasteiger partial charge on any atom is 0.442 e. The van der Waals surface area contributed by atoms with E-state index in [1.165, 1.54) is 4.57 Å². The van der Waals surface area contributed by atoms with E-state index in [1.54, 1.807) is 0 Å². The van der Waals surface area contributed by atoms with Crippen molar-refractivity contribution in [2.75, 3.05) is 11.5 Å². The zero-order chi connectivity index (χ0) is 14.7. The zero-order valence-electron chi connectivity index (χ0n) is 10.9. The Balaban J connectivity index is 2.07. The van der Waals surface area contributed by atoms with Crippen LogP contribution in [0.15, 0.2) is 9.32 Å². The summed E-state index contributed by atoms with van der Waals surface area (Å²) in [7, 11) is 0. The molecule has 0 saturated carbocycles. The van der Waals surface area contributed by atoms with E-state index >= 15 is 0 Å². The normalized spacial score (nSPS) is 21.8. The van der Waals surface area contributed by atoms with Gasteiger partial charge in [0, 0.05) is 6.42 Å². The number of aliphatic carboxylic acids is 1. The van der Waals surface area contributed by atoms with Crippen molar-refractivity contribution in [3.05, 3.63) is 16.4 Å². The predicted octanol–water partition coefficient (Wildman–Crippen LogP) is -0.736. The predicted molar refractivity (Wildman–Crippen MR) is 70.8 cm³/mol. The van der Waals surface area contributed by atoms with Gasteiger partial charge in [-0.25, -0.2) is 4.79 Å². The SMILES string of the molecule is N[C@@H](C[S+]([O-])CC1CCCCc2noc(=O)n21)C(=O)O. The van der Waals surface area contributed by atoms with Gasteiger partial charge in [-0.2, -0.15) is 0 Å². The highest BCUT2D eigenvalue weighted by atomic mass is 32.2. The summed E-state index contributed by atoms with van der Waals surface area (Å²) >= 11 is -1.41. The first-order valence-electron chi connectivity index (χ1n) is 6.39. The van der Waals surface area contributed by atoms with Crippen LogP contribution in [0.25, 0.3) is 0 Å². The third kappa shape index (κ3) is 3.41. The van der Waals surface area contributed by atoms with Gasteiger partial charge >= 0.3 is 11.7 Å². The Hall–Kier alpha value is -1.32. The summed E-state index contributed by atoms with van der Waals surface area (Å²) < 4.78 is 18.1. The molecule has 2 rings (SSSR count). The Labute approximate surface area is 118 Å². The van der Waals surface area contributed by atoms with Gasteiger partial charge in [-0.1, -0.05) is 11.6 Å². The Kier molecular flexibility index (Phi) is 4.84. The molecule has 20 heavy (non-hydrogen) atoms. The fourth-order valence-electron chi connectivity index (χ4n) is 2.32. The molecule has 2 unspecified atom stereocenters. The van der Waals surface area contributed by atoms with E-state index in [-0.39, 0.29) is 17.5 Å². The summed E-state index contributed by atoms with van der Waals surface area (Å²) in [5, 5.41) is 12.4. The average Bonchev–Trinajstić information content (AvgIpc) is 2.62. The van der Waals surface area contributed by atoms with Crippen LogP contribution in [0.5, 0.6) is 0 Å². The summed E-state index contributed by atoms with van der Waals surface area (Å²) in [6.07, 6.45) is 3.14. The molecule has 1 aromatic rings. The number of fused-ring (bicyclic) bond motifs is 1. The van der Waals surface area contributed by atoms with Crippen LogP contribution >= 0.6 is 0 Å². The standard InChI is InChI=1S/C11H17N3O5S/c12-8(10(15)16)6-20(18)5-7-3-1-2-4-9-13-19-11(17)14(7)9/h7-8H,1-6,12H2,(H,15,16)/t7?,8-,20?/m0/s1. The van der Waals surface area contributed by atoms with E-state index in [0.717, 1.165) is 12.8 Å². The first kappa shape index (κ1) is 15.1. The molecule has 9 heteroatoms. The second-order valence-electron chi connectivity index (χ2n) is 4.85. The number of carboxylic acid groups (broad SMARTS) is 1. The molecule has 3 N–H and O–H groups in total. The quantitative estimate of drug-likeness (QED) is 0.684. The van der Waals surface area contributed by atoms with Gasteiger partial charge in [0.1, 0.15) is 17.5 Å². The third-order valence-electron chi connectivity index (χ3n) is 3.32. The van der Waals surface area contributed by atoms with Gasteiger partial charge < -0.3 is 15.4 Å². The zero-order valence-corrected chi connectivity index (χ0v) is 11.7. The molecule has 3 atom stereocenters. The van der Waals surface area contributed by atoms with Crippen molar-refractivity contribution in [1.29, 1.82) is 0 Å². The van der Waals surface area contributed by atoms with Crippen LogP contribution in [0.1, 0.15) is 31.1 Å². The van der Waals surface area contributed by atoms with E-state index in [2.05, 4.69) is 9.68 Å². The third-order valence-corrected chi connectivity index (χ3v) is 4.81. The van der Waals surface area contributed by atoms with Gasteiger partial charge in [0.25, 0.3) is 0 Å². The molecule has 1 aliphatic heterocycles. The summed E-state index contributed by atoms with van der Waals surface area (Å²) in [6.45, 7) is 0. The minimum absolute atomic E-state index is 0.124. The molecule has 1 aromatic heterocycles. The largest absolute Gasteiger partial charge is 0.616 e. The second-order valence-corrected chi connectivity index (χ2v) is 6.40. The number of hydrogen-bond donors (Lipinski definition) is 2. The highest BCUT2D eigenvalue weighted by Gasteiger charge is 2.29. The lowest BCUT2D eigenvalue weighted by Crippen LogP contribution is -2.39. The fraction of sp³-hybridized carbons (Fsp3) is 0.727. The smallest absolute Gasteiger partial charge is 0.442 e. The molecule has 0 spiro atoms. The van der Waals surface area contributed by atoms with Gasteiger partial charge in [-0.3, -0.25) is 13.9 Å². The van der Waals surface area contributed by atoms with E-state index in [1.807, 2.05) is 0 Å². The lowest BCUT2D eigenvalue weighted by atomic mass is 10.1. The Morgan fingerprint density at radius 1 is 1.65 bits per heavy atom. The highest BCUT2D eigenvalue weighted by molar-refractivity contribution is 7.91. The van der Waals surface area contributed by atoms with Gasteiger partial charge in [0.15, 0.2) is 5.82 Å². The molecule has 0 aliphatic carbocycles. The average molecular weight is 303 g/mol. The monoisotopic (exact) mass is 303 g/mol. The molecule has 0 saturated heterocycles. The minimum Gasteiger partial charge on any atom is -0.616 e. The van der Waals surface area contributed by atoms with Crippen LogP contribution in [-0.4, -0.2) is 42.9 Å². The number of hydrogen-bond acceptors (Lipinski definition) is 6. The summed E-state index contributed by atoms with van der Waals surface area (Å²) in [6, 6.07) is -1.42. The topological polar surface area (TPSA) is 134 Å². The van der Waals surface area contributed by atoms with Crippen molar-refractivity contribution in [3.8, 4) is 0 Å². The first-order chi connectivity index (χ1) is 9.49. The van der Waals surface area contributed by atoms with Crippen molar-refractivity contribution in [2.45, 2.75) is 37.8 Å². The fourth-order valence-corrected chi connectivity index (χ4v) is 3.74. The molecule has 112 valence electrons. The lowest BCUT2D eigenvalue weighted by molar-refractivity contribution is -0.137. The van der Waals surface area contributed by atoms with Crippen LogP contribution in [0.2, 0.25) is 0 Å². The number of aryl methyl sites for hydroxylation is 1. The van der Waals surface area contributed by atoms with Crippen LogP contribution < -0.4 is 11.5 Å². The van der Waals surface area contributed by atoms with E-state index in [4.69, 9.17) is 10.8 Å². The van der Waals surface area contributed by atoms with Crippen LogP contribution in [0.3, 0.4) is 0 Å². The maximum atomic E-state index is 12.0. The molecule has 0 bridgehead atoms. The lowest BCUT2D eigenvalue weighted by Gasteiger charge is -2.19. The summed E-state index contributed by atoms with van der Waals surface area (Å²) in [4.78, 5) is 22.3. The second kappa shape index (κ2) is 6.42. The summed E-state index contributed by atoms with van der Waals surface area (Å²) in [5.41, 5.74) is 5.37. The molecule has 0 fully saturated rings. The van der Waals surface area contributed by atoms with Crippen molar-refractivity contribution in [3.63, 3.8) is 0 Å². The molecule has 0 amide bonds. The van der Waals surface area contributed by atoms with Crippen LogP contribution in [0.4, 0.5) is 0 Å². The van der Waals surface area contributed by atoms with Crippen molar-refractivity contribution in [2.24, 2.45) is 5.73 Å². The number of nitrogens with two attached hydrogens (primary N) is 1. The Morgan fingerprint density at radius 3 is 3.10 bits per heavy atom. The number of nitrogens with zero attached hydrogens (tertiary/aromatic N) is 2. The number of carboxylic acids is 1. The van der Waals surface area contributed by atoms with Gasteiger partial charge in [0.2, 0.25) is 0 Å². The first-order valence-corrected chi connectivity index (χ1v) is 7.88. The van der Waals surface area contributed by atoms with E-state index in [0.29, 0.717) is 18.7 Å². The molecular formula is C11H17N3O5S. The van der Waals surface area contributed by atoms with Crippen molar-refractivity contribution < 1.29 is 19.0 Å². The van der Waals surface area contributed by atoms with Gasteiger partial charge in [0.05, 0.1) is 6.04 Å².